The van der Waals surface area contributed by atoms with Gasteiger partial charge in [0.25, 0.3) is 5.91 Å². The molecule has 0 unspecified atom stereocenters. The standard InChI is InChI=1S/C17H22ClNO4/c1-10-5-4-6-11(2)19(10)16(21)12(3)23-17(22)14-9-13(18)7-8-15(14)20/h7-12,20H,4-6H2,1-3H3/t10-,11-,12+/m0/s1. The van der Waals surface area contributed by atoms with E-state index in [4.69, 9.17) is 16.3 Å². The van der Waals surface area contributed by atoms with E-state index in [1.54, 1.807) is 11.8 Å². The smallest absolute Gasteiger partial charge is 0.342 e. The van der Waals surface area contributed by atoms with Gasteiger partial charge in [-0.15, -0.1) is 0 Å². The average Bonchev–Trinajstić information content (AvgIpc) is 2.49. The Hall–Kier alpha value is -1.75. The highest BCUT2D eigenvalue weighted by Gasteiger charge is 2.33. The second-order valence-electron chi connectivity index (χ2n) is 6.08. The van der Waals surface area contributed by atoms with Crippen LogP contribution in [0, 0.1) is 0 Å². The molecule has 1 fully saturated rings. The van der Waals surface area contributed by atoms with Crippen LogP contribution < -0.4 is 0 Å². The van der Waals surface area contributed by atoms with E-state index < -0.39 is 12.1 Å². The lowest BCUT2D eigenvalue weighted by Gasteiger charge is -2.40. The largest absolute Gasteiger partial charge is 0.507 e. The van der Waals surface area contributed by atoms with Crippen molar-refractivity contribution >= 4 is 23.5 Å². The predicted molar refractivity (Wildman–Crippen MR) is 87.6 cm³/mol. The molecule has 1 amide bonds. The Balaban J connectivity index is 2.08. The summed E-state index contributed by atoms with van der Waals surface area (Å²) in [5.41, 5.74) is -0.0445. The van der Waals surface area contributed by atoms with E-state index in [0.717, 1.165) is 19.3 Å². The normalized spacial score (nSPS) is 22.5. The lowest BCUT2D eigenvalue weighted by molar-refractivity contribution is -0.146. The van der Waals surface area contributed by atoms with Gasteiger partial charge < -0.3 is 14.7 Å². The molecule has 0 spiro atoms. The number of carbonyl (C=O) groups excluding carboxylic acids is 2. The zero-order chi connectivity index (χ0) is 17.1. The van der Waals surface area contributed by atoms with E-state index in [1.165, 1.54) is 18.2 Å². The summed E-state index contributed by atoms with van der Waals surface area (Å²) < 4.78 is 5.24. The molecule has 1 aromatic carbocycles. The summed E-state index contributed by atoms with van der Waals surface area (Å²) in [4.78, 5) is 26.6. The summed E-state index contributed by atoms with van der Waals surface area (Å²) in [6.45, 7) is 5.56. The van der Waals surface area contributed by atoms with Crippen molar-refractivity contribution in [3.8, 4) is 5.75 Å². The molecule has 0 aromatic heterocycles. The number of rotatable bonds is 3. The molecule has 1 saturated heterocycles. The molecule has 1 aromatic rings. The third-order valence-electron chi connectivity index (χ3n) is 4.26. The van der Waals surface area contributed by atoms with Crippen LogP contribution in [0.3, 0.4) is 0 Å². The average molecular weight is 340 g/mol. The van der Waals surface area contributed by atoms with Crippen LogP contribution in [-0.4, -0.2) is 40.1 Å². The van der Waals surface area contributed by atoms with Gasteiger partial charge in [0.2, 0.25) is 0 Å². The number of likely N-dealkylation sites (tertiary alicyclic amines) is 1. The van der Waals surface area contributed by atoms with E-state index in [2.05, 4.69) is 0 Å². The van der Waals surface area contributed by atoms with Crippen molar-refractivity contribution in [1.82, 2.24) is 4.90 Å². The number of hydrogen-bond acceptors (Lipinski definition) is 4. The summed E-state index contributed by atoms with van der Waals surface area (Å²) >= 11 is 5.83. The number of benzene rings is 1. The SMILES string of the molecule is C[C@@H](OC(=O)c1cc(Cl)ccc1O)C(=O)N1[C@@H](C)CCC[C@@H]1C. The number of ether oxygens (including phenoxy) is 1. The minimum absolute atomic E-state index is 0.0445. The molecule has 0 aliphatic carbocycles. The fourth-order valence-electron chi connectivity index (χ4n) is 3.01. The Morgan fingerprint density at radius 3 is 2.52 bits per heavy atom. The quantitative estimate of drug-likeness (QED) is 0.857. The van der Waals surface area contributed by atoms with Crippen LogP contribution in [0.2, 0.25) is 5.02 Å². The van der Waals surface area contributed by atoms with Gasteiger partial charge in [-0.05, 0) is 58.2 Å². The molecule has 1 aliphatic heterocycles. The van der Waals surface area contributed by atoms with Crippen molar-refractivity contribution in [3.63, 3.8) is 0 Å². The fraction of sp³-hybridized carbons (Fsp3) is 0.529. The number of esters is 1. The van der Waals surface area contributed by atoms with E-state index >= 15 is 0 Å². The maximum absolute atomic E-state index is 12.6. The van der Waals surface area contributed by atoms with Gasteiger partial charge in [0.05, 0.1) is 0 Å². The monoisotopic (exact) mass is 339 g/mol. The molecule has 0 radical (unpaired) electrons. The highest BCUT2D eigenvalue weighted by Crippen LogP contribution is 2.25. The molecule has 6 heteroatoms. The second kappa shape index (κ2) is 7.21. The van der Waals surface area contributed by atoms with Crippen LogP contribution >= 0.6 is 11.6 Å². The van der Waals surface area contributed by atoms with Gasteiger partial charge in [-0.1, -0.05) is 11.6 Å². The molecular formula is C17H22ClNO4. The highest BCUT2D eigenvalue weighted by atomic mass is 35.5. The summed E-state index contributed by atoms with van der Waals surface area (Å²) in [6.07, 6.45) is 2.08. The molecule has 1 N–H and O–H groups in total. The number of carbonyl (C=O) groups is 2. The van der Waals surface area contributed by atoms with Crippen molar-refractivity contribution in [2.45, 2.75) is 58.2 Å². The number of aromatic hydroxyl groups is 1. The highest BCUT2D eigenvalue weighted by molar-refractivity contribution is 6.31. The predicted octanol–water partition coefficient (Wildman–Crippen LogP) is 3.38. The summed E-state index contributed by atoms with van der Waals surface area (Å²) in [6, 6.07) is 4.38. The first-order valence-corrected chi connectivity index (χ1v) is 8.20. The molecule has 2 rings (SSSR count). The number of nitrogens with zero attached hydrogens (tertiary/aromatic N) is 1. The summed E-state index contributed by atoms with van der Waals surface area (Å²) in [5.74, 6) is -1.19. The van der Waals surface area contributed by atoms with Crippen LogP contribution in [0.15, 0.2) is 18.2 Å². The first kappa shape index (κ1) is 17.6. The summed E-state index contributed by atoms with van der Waals surface area (Å²) in [7, 11) is 0. The van der Waals surface area contributed by atoms with Crippen LogP contribution in [0.4, 0.5) is 0 Å². The number of amides is 1. The van der Waals surface area contributed by atoms with Crippen LogP contribution in [0.5, 0.6) is 5.75 Å². The maximum Gasteiger partial charge on any atom is 0.342 e. The van der Waals surface area contributed by atoms with E-state index in [0.29, 0.717) is 5.02 Å². The zero-order valence-electron chi connectivity index (χ0n) is 13.6. The molecule has 1 aliphatic rings. The van der Waals surface area contributed by atoms with Crippen molar-refractivity contribution in [1.29, 1.82) is 0 Å². The van der Waals surface area contributed by atoms with Gasteiger partial charge in [0.15, 0.2) is 6.10 Å². The number of phenols is 1. The Morgan fingerprint density at radius 1 is 1.30 bits per heavy atom. The third-order valence-corrected chi connectivity index (χ3v) is 4.49. The Morgan fingerprint density at radius 2 is 1.91 bits per heavy atom. The molecule has 1 heterocycles. The second-order valence-corrected chi connectivity index (χ2v) is 6.52. The Labute approximate surface area is 141 Å². The lowest BCUT2D eigenvalue weighted by Crippen LogP contribution is -2.51. The number of piperidine rings is 1. The topological polar surface area (TPSA) is 66.8 Å². The number of halogens is 1. The lowest BCUT2D eigenvalue weighted by atomic mass is 9.97. The van der Waals surface area contributed by atoms with Gasteiger partial charge in [-0.25, -0.2) is 4.79 Å². The summed E-state index contributed by atoms with van der Waals surface area (Å²) in [5, 5.41) is 10.0. The Kier molecular flexibility index (Phi) is 5.52. The number of phenolic OH excluding ortho intramolecular Hbond substituents is 1. The maximum atomic E-state index is 12.6. The van der Waals surface area contributed by atoms with Crippen molar-refractivity contribution in [2.24, 2.45) is 0 Å². The fourth-order valence-corrected chi connectivity index (χ4v) is 3.18. The Bertz CT molecular complexity index is 594. The number of hydrogen-bond donors (Lipinski definition) is 1. The van der Waals surface area contributed by atoms with Crippen LogP contribution in [-0.2, 0) is 9.53 Å². The molecular weight excluding hydrogens is 318 g/mol. The zero-order valence-corrected chi connectivity index (χ0v) is 14.3. The van der Waals surface area contributed by atoms with E-state index in [9.17, 15) is 14.7 Å². The van der Waals surface area contributed by atoms with Crippen LogP contribution in [0.1, 0.15) is 50.4 Å². The molecule has 23 heavy (non-hydrogen) atoms. The van der Waals surface area contributed by atoms with E-state index in [1.807, 2.05) is 13.8 Å². The van der Waals surface area contributed by atoms with Crippen molar-refractivity contribution < 1.29 is 19.4 Å². The molecule has 0 bridgehead atoms. The van der Waals surface area contributed by atoms with Gasteiger partial charge in [0, 0.05) is 17.1 Å². The minimum Gasteiger partial charge on any atom is -0.507 e. The third kappa shape index (κ3) is 3.96. The van der Waals surface area contributed by atoms with Gasteiger partial charge in [-0.2, -0.15) is 0 Å². The van der Waals surface area contributed by atoms with Crippen molar-refractivity contribution in [3.05, 3.63) is 28.8 Å². The molecule has 0 saturated carbocycles. The first-order valence-electron chi connectivity index (χ1n) is 7.83. The minimum atomic E-state index is -0.913. The van der Waals surface area contributed by atoms with E-state index in [-0.39, 0.29) is 29.3 Å². The molecule has 3 atom stereocenters. The molecule has 5 nitrogen and oxygen atoms in total. The van der Waals surface area contributed by atoms with Gasteiger partial charge in [-0.3, -0.25) is 4.79 Å². The van der Waals surface area contributed by atoms with Crippen molar-refractivity contribution in [2.75, 3.05) is 0 Å². The van der Waals surface area contributed by atoms with Gasteiger partial charge in [0.1, 0.15) is 11.3 Å². The van der Waals surface area contributed by atoms with Crippen LogP contribution in [0.25, 0.3) is 0 Å². The molecule has 126 valence electrons. The van der Waals surface area contributed by atoms with Gasteiger partial charge >= 0.3 is 5.97 Å². The first-order chi connectivity index (χ1) is 10.8.